The molecule has 3 N–H and O–H groups in total. The Bertz CT molecular complexity index is 1200. The highest BCUT2D eigenvalue weighted by Gasteiger charge is 2.25. The Morgan fingerprint density at radius 1 is 0.879 bits per heavy atom. The second-order valence-corrected chi connectivity index (χ2v) is 9.02. The minimum Gasteiger partial charge on any atom is -0.480 e. The van der Waals surface area contributed by atoms with Crippen LogP contribution in [0.4, 0.5) is 4.39 Å². The van der Waals surface area contributed by atoms with Crippen LogP contribution >= 0.6 is 0 Å². The number of sulfonamides is 1. The predicted octanol–water partition coefficient (Wildman–Crippen LogP) is 3.43. The summed E-state index contributed by atoms with van der Waals surface area (Å²) in [5.74, 6) is -2.21. The van der Waals surface area contributed by atoms with Crippen LogP contribution in [0, 0.1) is 5.82 Å². The van der Waals surface area contributed by atoms with Crippen LogP contribution in [-0.4, -0.2) is 38.0 Å². The van der Waals surface area contributed by atoms with Crippen LogP contribution in [0.2, 0.25) is 0 Å². The van der Waals surface area contributed by atoms with Gasteiger partial charge in [0.15, 0.2) is 0 Å². The first kappa shape index (κ1) is 24.1. The average Bonchev–Trinajstić information content (AvgIpc) is 2.82. The van der Waals surface area contributed by atoms with Crippen molar-refractivity contribution in [1.29, 1.82) is 0 Å². The summed E-state index contributed by atoms with van der Waals surface area (Å²) in [4.78, 5) is 23.6. The Kier molecular flexibility index (Phi) is 7.92. The summed E-state index contributed by atoms with van der Waals surface area (Å²) in [6.07, 6.45) is 0.194. The van der Waals surface area contributed by atoms with Crippen LogP contribution in [0.3, 0.4) is 0 Å². The van der Waals surface area contributed by atoms with E-state index in [9.17, 15) is 27.5 Å². The Labute approximate surface area is 191 Å². The van der Waals surface area contributed by atoms with Crippen LogP contribution in [0.25, 0.3) is 11.1 Å². The van der Waals surface area contributed by atoms with Gasteiger partial charge in [-0.2, -0.15) is 4.72 Å². The number of carboxylic acid groups (broad SMARTS) is 1. The highest BCUT2D eigenvalue weighted by atomic mass is 32.2. The smallest absolute Gasteiger partial charge is 0.321 e. The van der Waals surface area contributed by atoms with Crippen LogP contribution in [0.5, 0.6) is 0 Å². The molecule has 3 aromatic rings. The van der Waals surface area contributed by atoms with E-state index in [1.807, 2.05) is 30.3 Å². The van der Waals surface area contributed by atoms with Crippen molar-refractivity contribution >= 4 is 21.9 Å². The van der Waals surface area contributed by atoms with E-state index in [0.29, 0.717) is 0 Å². The molecule has 0 unspecified atom stereocenters. The molecule has 0 saturated heterocycles. The molecule has 9 heteroatoms. The van der Waals surface area contributed by atoms with Crippen molar-refractivity contribution in [3.8, 4) is 11.1 Å². The summed E-state index contributed by atoms with van der Waals surface area (Å²) in [7, 11) is -4.06. The van der Waals surface area contributed by atoms with E-state index in [1.165, 1.54) is 24.3 Å². The number of halogens is 1. The van der Waals surface area contributed by atoms with Crippen molar-refractivity contribution in [2.75, 3.05) is 6.54 Å². The molecular formula is C24H23FN2O5S. The molecule has 0 spiro atoms. The number of amides is 1. The Balaban J connectivity index is 1.56. The minimum atomic E-state index is -4.06. The van der Waals surface area contributed by atoms with Crippen molar-refractivity contribution in [1.82, 2.24) is 10.0 Å². The van der Waals surface area contributed by atoms with Gasteiger partial charge < -0.3 is 10.4 Å². The third kappa shape index (κ3) is 6.71. The lowest BCUT2D eigenvalue weighted by molar-refractivity contribution is -0.139. The van der Waals surface area contributed by atoms with Gasteiger partial charge in [0.1, 0.15) is 11.9 Å². The molecule has 0 radical (unpaired) electrons. The molecule has 3 rings (SSSR count). The molecule has 172 valence electrons. The zero-order valence-corrected chi connectivity index (χ0v) is 18.4. The number of rotatable bonds is 10. The molecule has 1 atom stereocenters. The van der Waals surface area contributed by atoms with Crippen LogP contribution in [0.15, 0.2) is 83.8 Å². The SMILES string of the molecule is O=C(NCCC[C@H](NS(=O)(=O)c1ccc(-c2ccccc2)cc1)C(=O)O)c1ccc(F)cc1. The number of carbonyl (C=O) groups is 2. The van der Waals surface area contributed by atoms with Crippen molar-refractivity contribution in [3.05, 3.63) is 90.2 Å². The highest BCUT2D eigenvalue weighted by Crippen LogP contribution is 2.21. The molecular weight excluding hydrogens is 447 g/mol. The van der Waals surface area contributed by atoms with E-state index in [4.69, 9.17) is 0 Å². The largest absolute Gasteiger partial charge is 0.480 e. The molecule has 0 bridgehead atoms. The average molecular weight is 471 g/mol. The molecule has 0 aromatic heterocycles. The molecule has 7 nitrogen and oxygen atoms in total. The first-order valence-electron chi connectivity index (χ1n) is 10.2. The van der Waals surface area contributed by atoms with Crippen LogP contribution in [0.1, 0.15) is 23.2 Å². The molecule has 1 amide bonds. The Hall–Kier alpha value is -3.56. The second kappa shape index (κ2) is 10.8. The quantitative estimate of drug-likeness (QED) is 0.393. The predicted molar refractivity (Wildman–Crippen MR) is 122 cm³/mol. The first-order chi connectivity index (χ1) is 15.8. The third-order valence-corrected chi connectivity index (χ3v) is 6.42. The van der Waals surface area contributed by atoms with Gasteiger partial charge >= 0.3 is 5.97 Å². The lowest BCUT2D eigenvalue weighted by Gasteiger charge is -2.15. The van der Waals surface area contributed by atoms with Gasteiger partial charge in [0.05, 0.1) is 4.90 Å². The number of carboxylic acids is 1. The summed E-state index contributed by atoms with van der Waals surface area (Å²) in [6, 6.07) is 19.2. The number of nitrogens with one attached hydrogen (secondary N) is 2. The maximum atomic E-state index is 12.9. The molecule has 0 aliphatic rings. The fourth-order valence-electron chi connectivity index (χ4n) is 3.16. The summed E-state index contributed by atoms with van der Waals surface area (Å²) in [6.45, 7) is 0.132. The minimum absolute atomic E-state index is 0.0274. The lowest BCUT2D eigenvalue weighted by atomic mass is 10.1. The number of aliphatic carboxylic acids is 1. The summed E-state index contributed by atoms with van der Waals surface area (Å²) in [5, 5.41) is 12.0. The maximum Gasteiger partial charge on any atom is 0.321 e. The van der Waals surface area contributed by atoms with E-state index in [1.54, 1.807) is 12.1 Å². The van der Waals surface area contributed by atoms with Gasteiger partial charge in [0, 0.05) is 12.1 Å². The van der Waals surface area contributed by atoms with Crippen molar-refractivity contribution in [3.63, 3.8) is 0 Å². The van der Waals surface area contributed by atoms with Crippen LogP contribution < -0.4 is 10.0 Å². The van der Waals surface area contributed by atoms with Gasteiger partial charge in [0.25, 0.3) is 5.91 Å². The van der Waals surface area contributed by atoms with E-state index in [0.717, 1.165) is 23.3 Å². The third-order valence-electron chi connectivity index (χ3n) is 4.93. The fraction of sp³-hybridized carbons (Fsp3) is 0.167. The van der Waals surface area contributed by atoms with Gasteiger partial charge in [-0.05, 0) is 60.4 Å². The lowest BCUT2D eigenvalue weighted by Crippen LogP contribution is -2.41. The number of carbonyl (C=O) groups excluding carboxylic acids is 1. The zero-order chi connectivity index (χ0) is 23.8. The normalized spacial score (nSPS) is 12.2. The molecule has 0 heterocycles. The second-order valence-electron chi connectivity index (χ2n) is 7.31. The van der Waals surface area contributed by atoms with E-state index in [-0.39, 0.29) is 29.8 Å². The molecule has 3 aromatic carbocycles. The topological polar surface area (TPSA) is 113 Å². The first-order valence-corrected chi connectivity index (χ1v) is 11.7. The molecule has 33 heavy (non-hydrogen) atoms. The van der Waals surface area contributed by atoms with Gasteiger partial charge in [-0.25, -0.2) is 12.8 Å². The fourth-order valence-corrected chi connectivity index (χ4v) is 4.38. The van der Waals surface area contributed by atoms with Gasteiger partial charge in [0.2, 0.25) is 10.0 Å². The highest BCUT2D eigenvalue weighted by molar-refractivity contribution is 7.89. The number of hydrogen-bond donors (Lipinski definition) is 3. The summed E-state index contributed by atoms with van der Waals surface area (Å²) >= 11 is 0. The van der Waals surface area contributed by atoms with E-state index in [2.05, 4.69) is 10.0 Å². The standard InChI is InChI=1S/C24H23FN2O5S/c25-20-12-8-19(9-13-20)23(28)26-16-4-7-22(24(29)30)27-33(31,32)21-14-10-18(11-15-21)17-5-2-1-3-6-17/h1-3,5-6,8-15,22,27H,4,7,16H2,(H,26,28)(H,29,30)/t22-/m0/s1. The van der Waals surface area contributed by atoms with Crippen LogP contribution in [-0.2, 0) is 14.8 Å². The maximum absolute atomic E-state index is 12.9. The molecule has 0 saturated carbocycles. The molecule has 0 fully saturated rings. The molecule has 0 aliphatic carbocycles. The zero-order valence-electron chi connectivity index (χ0n) is 17.6. The monoisotopic (exact) mass is 470 g/mol. The van der Waals surface area contributed by atoms with E-state index < -0.39 is 33.8 Å². The van der Waals surface area contributed by atoms with Gasteiger partial charge in [-0.1, -0.05) is 42.5 Å². The summed E-state index contributed by atoms with van der Waals surface area (Å²) in [5.41, 5.74) is 2.03. The van der Waals surface area contributed by atoms with Crippen molar-refractivity contribution in [2.24, 2.45) is 0 Å². The number of benzene rings is 3. The van der Waals surface area contributed by atoms with E-state index >= 15 is 0 Å². The van der Waals surface area contributed by atoms with Gasteiger partial charge in [-0.3, -0.25) is 9.59 Å². The van der Waals surface area contributed by atoms with Gasteiger partial charge in [-0.15, -0.1) is 0 Å². The molecule has 0 aliphatic heterocycles. The van der Waals surface area contributed by atoms with Crippen molar-refractivity contribution < 1.29 is 27.5 Å². The Morgan fingerprint density at radius 2 is 1.48 bits per heavy atom. The van der Waals surface area contributed by atoms with Crippen molar-refractivity contribution in [2.45, 2.75) is 23.8 Å². The Morgan fingerprint density at radius 3 is 2.09 bits per heavy atom. The summed E-state index contributed by atoms with van der Waals surface area (Å²) < 4.78 is 40.5. The number of hydrogen-bond acceptors (Lipinski definition) is 4.